The third-order valence-electron chi connectivity index (χ3n) is 1.27. The molecule has 0 aromatic rings. The van der Waals surface area contributed by atoms with Gasteiger partial charge < -0.3 is 0 Å². The number of carbonyl (C=O) groups excluding carboxylic acids is 1. The van der Waals surface area contributed by atoms with Gasteiger partial charge in [-0.3, -0.25) is 9.63 Å². The van der Waals surface area contributed by atoms with Crippen LogP contribution in [-0.2, 0) is 9.63 Å². The topological polar surface area (TPSA) is 29.5 Å². The Bertz CT molecular complexity index is 130. The summed E-state index contributed by atoms with van der Waals surface area (Å²) in [6.45, 7) is 5.32. The van der Waals surface area contributed by atoms with E-state index < -0.39 is 0 Å². The molecule has 0 atom stereocenters. The molecule has 0 fully saturated rings. The van der Waals surface area contributed by atoms with Gasteiger partial charge in [0.25, 0.3) is 5.91 Å². The van der Waals surface area contributed by atoms with Gasteiger partial charge in [0.05, 0.1) is 11.9 Å². The maximum absolute atomic E-state index is 11.2. The van der Waals surface area contributed by atoms with E-state index in [1.165, 1.54) is 5.06 Å². The average molecular weight is 238 g/mol. The molecule has 0 spiro atoms. The summed E-state index contributed by atoms with van der Waals surface area (Å²) in [5, 5.41) is 1.76. The zero-order chi connectivity index (χ0) is 9.40. The smallest absolute Gasteiger partial charge is 0.256 e. The Morgan fingerprint density at radius 2 is 2.08 bits per heavy atom. The van der Waals surface area contributed by atoms with Gasteiger partial charge in [0, 0.05) is 6.54 Å². The van der Waals surface area contributed by atoms with Crippen LogP contribution >= 0.6 is 15.9 Å². The van der Waals surface area contributed by atoms with E-state index in [-0.39, 0.29) is 5.91 Å². The Balaban J connectivity index is 3.76. The van der Waals surface area contributed by atoms with Gasteiger partial charge in [-0.15, -0.1) is 0 Å². The fourth-order valence-electron chi connectivity index (χ4n) is 0.732. The van der Waals surface area contributed by atoms with E-state index in [9.17, 15) is 4.79 Å². The van der Waals surface area contributed by atoms with E-state index in [0.29, 0.717) is 18.5 Å². The van der Waals surface area contributed by atoms with Crippen molar-refractivity contribution in [2.24, 2.45) is 0 Å². The van der Waals surface area contributed by atoms with E-state index in [1.54, 1.807) is 0 Å². The van der Waals surface area contributed by atoms with Crippen LogP contribution in [0.2, 0.25) is 0 Å². The van der Waals surface area contributed by atoms with Crippen LogP contribution < -0.4 is 0 Å². The minimum Gasteiger partial charge on any atom is -0.272 e. The van der Waals surface area contributed by atoms with Crippen molar-refractivity contribution in [1.29, 1.82) is 0 Å². The first-order chi connectivity index (χ1) is 5.76. The van der Waals surface area contributed by atoms with E-state index >= 15 is 0 Å². The van der Waals surface area contributed by atoms with E-state index in [4.69, 9.17) is 4.84 Å². The number of carbonyl (C=O) groups is 1. The van der Waals surface area contributed by atoms with E-state index in [1.807, 2.05) is 13.8 Å². The van der Waals surface area contributed by atoms with Crippen LogP contribution in [0.1, 0.15) is 26.7 Å². The molecule has 0 saturated carbocycles. The molecule has 12 heavy (non-hydrogen) atoms. The van der Waals surface area contributed by atoms with Gasteiger partial charge in [0.2, 0.25) is 0 Å². The van der Waals surface area contributed by atoms with Crippen molar-refractivity contribution >= 4 is 21.8 Å². The summed E-state index contributed by atoms with van der Waals surface area (Å²) in [4.78, 5) is 16.4. The molecule has 0 aliphatic heterocycles. The van der Waals surface area contributed by atoms with Gasteiger partial charge in [0.1, 0.15) is 0 Å². The minimum absolute atomic E-state index is 0.00898. The molecule has 0 aromatic heterocycles. The summed E-state index contributed by atoms with van der Waals surface area (Å²) >= 11 is 3.11. The number of hydroxylamine groups is 2. The van der Waals surface area contributed by atoms with Crippen LogP contribution in [0, 0.1) is 0 Å². The lowest BCUT2D eigenvalue weighted by Gasteiger charge is -2.19. The lowest BCUT2D eigenvalue weighted by molar-refractivity contribution is -0.183. The Kier molecular flexibility index (Phi) is 7.50. The summed E-state index contributed by atoms with van der Waals surface area (Å²) in [6.07, 6.45) is 1.85. The Hall–Kier alpha value is -0.0900. The van der Waals surface area contributed by atoms with Crippen LogP contribution in [0.15, 0.2) is 0 Å². The van der Waals surface area contributed by atoms with Crippen molar-refractivity contribution in [2.45, 2.75) is 26.7 Å². The Labute approximate surface area is 82.2 Å². The summed E-state index contributed by atoms with van der Waals surface area (Å²) in [5.41, 5.74) is 0. The third-order valence-corrected chi connectivity index (χ3v) is 1.75. The lowest BCUT2D eigenvalue weighted by Crippen LogP contribution is -2.33. The molecule has 72 valence electrons. The molecule has 0 bridgehead atoms. The Morgan fingerprint density at radius 3 is 2.50 bits per heavy atom. The molecule has 3 nitrogen and oxygen atoms in total. The molecule has 4 heteroatoms. The fourth-order valence-corrected chi connectivity index (χ4v) is 1.01. The van der Waals surface area contributed by atoms with Gasteiger partial charge in [-0.1, -0.05) is 29.8 Å². The lowest BCUT2D eigenvalue weighted by atomic mass is 10.4. The molecule has 0 rings (SSSR count). The number of halogens is 1. The van der Waals surface area contributed by atoms with Crippen molar-refractivity contribution in [3.63, 3.8) is 0 Å². The normalized spacial score (nSPS) is 9.92. The molecular weight excluding hydrogens is 222 g/mol. The van der Waals surface area contributed by atoms with Crippen molar-refractivity contribution in [3.05, 3.63) is 0 Å². The SMILES string of the molecule is CCCON(CCC)C(=O)CBr. The van der Waals surface area contributed by atoms with Crippen molar-refractivity contribution in [1.82, 2.24) is 5.06 Å². The zero-order valence-electron chi connectivity index (χ0n) is 7.68. The fraction of sp³-hybridized carbons (Fsp3) is 0.875. The molecule has 0 saturated heterocycles. The van der Waals surface area contributed by atoms with Crippen LogP contribution in [0.3, 0.4) is 0 Å². The number of nitrogens with zero attached hydrogens (tertiary/aromatic N) is 1. The second kappa shape index (κ2) is 7.55. The molecule has 0 N–H and O–H groups in total. The third kappa shape index (κ3) is 4.72. The average Bonchev–Trinajstić information content (AvgIpc) is 2.11. The largest absolute Gasteiger partial charge is 0.272 e. The maximum Gasteiger partial charge on any atom is 0.256 e. The number of alkyl halides is 1. The van der Waals surface area contributed by atoms with Crippen LogP contribution in [0.25, 0.3) is 0 Å². The second-order valence-corrected chi connectivity index (χ2v) is 3.02. The predicted octanol–water partition coefficient (Wildman–Crippen LogP) is 1.96. The first-order valence-electron chi connectivity index (χ1n) is 4.25. The molecule has 0 unspecified atom stereocenters. The van der Waals surface area contributed by atoms with Gasteiger partial charge in [-0.2, -0.15) is 0 Å². The Morgan fingerprint density at radius 1 is 1.42 bits per heavy atom. The number of amides is 1. The summed E-state index contributed by atoms with van der Waals surface area (Å²) in [6, 6.07) is 0. The number of hydrogen-bond acceptors (Lipinski definition) is 2. The minimum atomic E-state index is -0.00898. The molecule has 0 aliphatic carbocycles. The predicted molar refractivity (Wildman–Crippen MR) is 52.0 cm³/mol. The van der Waals surface area contributed by atoms with E-state index in [0.717, 1.165) is 12.8 Å². The van der Waals surface area contributed by atoms with Gasteiger partial charge in [-0.25, -0.2) is 5.06 Å². The van der Waals surface area contributed by atoms with Crippen molar-refractivity contribution in [3.8, 4) is 0 Å². The van der Waals surface area contributed by atoms with E-state index in [2.05, 4.69) is 15.9 Å². The molecule has 0 aromatic carbocycles. The number of hydrogen-bond donors (Lipinski definition) is 0. The standard InChI is InChI=1S/C8H16BrNO2/c1-3-5-10(8(11)7-9)12-6-4-2/h3-7H2,1-2H3. The summed E-state index contributed by atoms with van der Waals surface area (Å²) in [7, 11) is 0. The quantitative estimate of drug-likeness (QED) is 0.523. The summed E-state index contributed by atoms with van der Waals surface area (Å²) in [5.74, 6) is -0.00898. The first-order valence-corrected chi connectivity index (χ1v) is 5.37. The van der Waals surface area contributed by atoms with Crippen molar-refractivity contribution < 1.29 is 9.63 Å². The zero-order valence-corrected chi connectivity index (χ0v) is 9.26. The highest BCUT2D eigenvalue weighted by Crippen LogP contribution is 1.98. The molecule has 0 aliphatic rings. The highest BCUT2D eigenvalue weighted by atomic mass is 79.9. The van der Waals surface area contributed by atoms with Crippen LogP contribution in [0.5, 0.6) is 0 Å². The van der Waals surface area contributed by atoms with Gasteiger partial charge >= 0.3 is 0 Å². The van der Waals surface area contributed by atoms with Gasteiger partial charge in [-0.05, 0) is 12.8 Å². The first kappa shape index (κ1) is 11.9. The summed E-state index contributed by atoms with van der Waals surface area (Å²) < 4.78 is 0. The maximum atomic E-state index is 11.2. The molecular formula is C8H16BrNO2. The second-order valence-electron chi connectivity index (χ2n) is 2.46. The molecule has 0 radical (unpaired) electrons. The van der Waals surface area contributed by atoms with Gasteiger partial charge in [0.15, 0.2) is 0 Å². The van der Waals surface area contributed by atoms with Crippen molar-refractivity contribution in [2.75, 3.05) is 18.5 Å². The number of rotatable bonds is 6. The molecule has 0 heterocycles. The highest BCUT2D eigenvalue weighted by Gasteiger charge is 2.10. The van der Waals surface area contributed by atoms with Crippen LogP contribution in [0.4, 0.5) is 0 Å². The monoisotopic (exact) mass is 237 g/mol. The van der Waals surface area contributed by atoms with Crippen LogP contribution in [-0.4, -0.2) is 29.5 Å². The molecule has 1 amide bonds. The highest BCUT2D eigenvalue weighted by molar-refractivity contribution is 9.09.